The molecule has 7 heteroatoms. The Morgan fingerprint density at radius 3 is 2.55 bits per heavy atom. The molecule has 0 spiro atoms. The molecule has 0 heterocycles. The van der Waals surface area contributed by atoms with Gasteiger partial charge < -0.3 is 9.29 Å². The van der Waals surface area contributed by atoms with Crippen LogP contribution in [0.3, 0.4) is 0 Å². The molecule has 2 unspecified atom stereocenters. The molecule has 0 aromatic heterocycles. The van der Waals surface area contributed by atoms with E-state index in [1.165, 1.54) is 18.2 Å². The van der Waals surface area contributed by atoms with E-state index in [1.807, 2.05) is 0 Å². The smallest absolute Gasteiger partial charge is 0.394 e. The second-order valence-corrected chi connectivity index (χ2v) is 5.52. The van der Waals surface area contributed by atoms with Crippen LogP contribution in [-0.4, -0.2) is 23.4 Å². The molecule has 1 aromatic carbocycles. The van der Waals surface area contributed by atoms with Crippen molar-refractivity contribution in [2.24, 2.45) is 5.92 Å². The maximum atomic E-state index is 13.2. The van der Waals surface area contributed by atoms with Crippen LogP contribution in [0.2, 0.25) is 0 Å². The van der Waals surface area contributed by atoms with Crippen LogP contribution < -0.4 is 0 Å². The summed E-state index contributed by atoms with van der Waals surface area (Å²) in [6, 6.07) is 8.72. The van der Waals surface area contributed by atoms with Gasteiger partial charge in [-0.1, -0.05) is 36.4 Å². The molecule has 0 saturated heterocycles. The van der Waals surface area contributed by atoms with Crippen molar-refractivity contribution in [1.29, 1.82) is 0 Å². The zero-order valence-corrected chi connectivity index (χ0v) is 12.1. The third-order valence-corrected chi connectivity index (χ3v) is 3.91. The van der Waals surface area contributed by atoms with Crippen LogP contribution >= 0.6 is 12.0 Å². The minimum Gasteiger partial charge on any atom is -0.478 e. The Morgan fingerprint density at radius 1 is 1.27 bits per heavy atom. The number of carbonyl (C=O) groups is 1. The maximum Gasteiger partial charge on any atom is 0.394 e. The van der Waals surface area contributed by atoms with Crippen molar-refractivity contribution in [3.05, 3.63) is 54.1 Å². The maximum absolute atomic E-state index is 13.2. The third kappa shape index (κ3) is 4.38. The molecule has 118 valence electrons. The lowest BCUT2D eigenvalue weighted by molar-refractivity contribution is -0.189. The fourth-order valence-corrected chi connectivity index (χ4v) is 2.67. The van der Waals surface area contributed by atoms with Crippen molar-refractivity contribution in [3.63, 3.8) is 0 Å². The van der Waals surface area contributed by atoms with Gasteiger partial charge in [-0.05, 0) is 18.6 Å². The van der Waals surface area contributed by atoms with E-state index in [0.717, 1.165) is 12.0 Å². The highest BCUT2D eigenvalue weighted by atomic mass is 32.2. The topological polar surface area (TPSA) is 46.5 Å². The highest BCUT2D eigenvalue weighted by molar-refractivity contribution is 7.94. The zero-order valence-electron chi connectivity index (χ0n) is 11.3. The first-order chi connectivity index (χ1) is 10.4. The molecule has 0 bridgehead atoms. The number of rotatable bonds is 4. The molecule has 0 amide bonds. The van der Waals surface area contributed by atoms with Crippen LogP contribution in [0.15, 0.2) is 59.0 Å². The molecule has 0 saturated carbocycles. The zero-order chi connectivity index (χ0) is 16.2. The molecule has 1 aliphatic rings. The highest BCUT2D eigenvalue weighted by Crippen LogP contribution is 2.39. The summed E-state index contributed by atoms with van der Waals surface area (Å²) in [7, 11) is 0. The summed E-state index contributed by atoms with van der Waals surface area (Å²) in [5, 5.41) is 8.93. The first-order valence-corrected chi connectivity index (χ1v) is 7.18. The monoisotopic (exact) mass is 330 g/mol. The molecule has 1 N–H and O–H groups in total. The minimum atomic E-state index is -4.55. The second-order valence-electron chi connectivity index (χ2n) is 4.69. The molecule has 3 nitrogen and oxygen atoms in total. The molecule has 2 rings (SSSR count). The molecule has 1 aromatic rings. The fourth-order valence-electron chi connectivity index (χ4n) is 1.98. The number of alkyl halides is 3. The largest absolute Gasteiger partial charge is 0.478 e. The Kier molecular flexibility index (Phi) is 5.31. The van der Waals surface area contributed by atoms with Crippen LogP contribution in [0.4, 0.5) is 13.2 Å². The highest BCUT2D eigenvalue weighted by Gasteiger charge is 2.46. The van der Waals surface area contributed by atoms with Crippen molar-refractivity contribution in [1.82, 2.24) is 0 Å². The molecule has 0 fully saturated rings. The molecular formula is C15H13F3O3S. The molecule has 0 radical (unpaired) electrons. The van der Waals surface area contributed by atoms with Crippen molar-refractivity contribution in [2.75, 3.05) is 0 Å². The number of hydrogen-bond donors (Lipinski definition) is 1. The van der Waals surface area contributed by atoms with Crippen LogP contribution in [-0.2, 0) is 8.98 Å². The van der Waals surface area contributed by atoms with Crippen molar-refractivity contribution < 1.29 is 27.3 Å². The van der Waals surface area contributed by atoms with E-state index in [4.69, 9.17) is 9.29 Å². The minimum absolute atomic E-state index is 0.283. The predicted molar refractivity (Wildman–Crippen MR) is 76.2 cm³/mol. The van der Waals surface area contributed by atoms with Gasteiger partial charge in [0.2, 0.25) is 0 Å². The number of carboxylic acid groups (broad SMARTS) is 1. The Bertz CT molecular complexity index is 581. The quantitative estimate of drug-likeness (QED) is 0.839. The Morgan fingerprint density at radius 2 is 1.95 bits per heavy atom. The summed E-state index contributed by atoms with van der Waals surface area (Å²) < 4.78 is 44.9. The first-order valence-electron chi connectivity index (χ1n) is 6.43. The summed E-state index contributed by atoms with van der Waals surface area (Å²) in [6.45, 7) is 0. The van der Waals surface area contributed by atoms with Crippen molar-refractivity contribution >= 4 is 18.0 Å². The molecular weight excluding hydrogens is 317 g/mol. The van der Waals surface area contributed by atoms with E-state index >= 15 is 0 Å². The van der Waals surface area contributed by atoms with E-state index in [-0.39, 0.29) is 5.57 Å². The first kappa shape index (κ1) is 16.6. The Labute approximate surface area is 129 Å². The fraction of sp³-hybridized carbons (Fsp3) is 0.267. The normalized spacial score (nSPS) is 22.0. The lowest BCUT2D eigenvalue weighted by Gasteiger charge is -2.25. The van der Waals surface area contributed by atoms with Crippen LogP contribution in [0.5, 0.6) is 0 Å². The summed E-state index contributed by atoms with van der Waals surface area (Å²) in [6.07, 6.45) is -2.71. The van der Waals surface area contributed by atoms with Gasteiger partial charge in [0.25, 0.3) is 0 Å². The molecule has 1 aliphatic carbocycles. The number of carboxylic acids is 1. The van der Waals surface area contributed by atoms with Gasteiger partial charge in [0, 0.05) is 22.5 Å². The molecule has 2 atom stereocenters. The summed E-state index contributed by atoms with van der Waals surface area (Å²) in [5.41, 5.74) is -0.283. The van der Waals surface area contributed by atoms with Gasteiger partial charge in [0.15, 0.2) is 0 Å². The van der Waals surface area contributed by atoms with E-state index in [1.54, 1.807) is 30.3 Å². The number of aliphatic carboxylic acids is 1. The SMILES string of the molecule is O=C(O)C1=CC=CC(OSc2ccccc2)C(C(F)(F)F)C1. The van der Waals surface area contributed by atoms with E-state index in [2.05, 4.69) is 0 Å². The van der Waals surface area contributed by atoms with Gasteiger partial charge in [-0.15, -0.1) is 0 Å². The standard InChI is InChI=1S/C15H13F3O3S/c16-15(17,18)12-9-10(14(19)20)5-4-8-13(12)21-22-11-6-2-1-3-7-11/h1-8,12-13H,9H2,(H,19,20). The Balaban J connectivity index is 2.13. The van der Waals surface area contributed by atoms with Gasteiger partial charge in [0.05, 0.1) is 5.92 Å². The Hall–Kier alpha value is -1.73. The van der Waals surface area contributed by atoms with E-state index in [9.17, 15) is 18.0 Å². The van der Waals surface area contributed by atoms with Gasteiger partial charge in [-0.25, -0.2) is 4.79 Å². The lowest BCUT2D eigenvalue weighted by atomic mass is 9.95. The van der Waals surface area contributed by atoms with Gasteiger partial charge in [0.1, 0.15) is 6.10 Å². The average molecular weight is 330 g/mol. The second kappa shape index (κ2) is 7.02. The van der Waals surface area contributed by atoms with Crippen molar-refractivity contribution in [3.8, 4) is 0 Å². The summed E-state index contributed by atoms with van der Waals surface area (Å²) in [4.78, 5) is 11.6. The van der Waals surface area contributed by atoms with E-state index < -0.39 is 30.6 Å². The molecule has 0 aliphatic heterocycles. The number of hydrogen-bond acceptors (Lipinski definition) is 3. The summed E-state index contributed by atoms with van der Waals surface area (Å²) >= 11 is 0.844. The van der Waals surface area contributed by atoms with E-state index in [0.29, 0.717) is 4.90 Å². The van der Waals surface area contributed by atoms with Crippen LogP contribution in [0.25, 0.3) is 0 Å². The van der Waals surface area contributed by atoms with Gasteiger partial charge in [-0.3, -0.25) is 0 Å². The van der Waals surface area contributed by atoms with Crippen molar-refractivity contribution in [2.45, 2.75) is 23.6 Å². The van der Waals surface area contributed by atoms with Gasteiger partial charge in [-0.2, -0.15) is 13.2 Å². The predicted octanol–water partition coefficient (Wildman–Crippen LogP) is 4.23. The van der Waals surface area contributed by atoms with Crippen LogP contribution in [0, 0.1) is 5.92 Å². The number of halogens is 3. The average Bonchev–Trinajstić information content (AvgIpc) is 2.68. The third-order valence-electron chi connectivity index (χ3n) is 3.13. The number of allylic oxidation sites excluding steroid dienone is 2. The van der Waals surface area contributed by atoms with Gasteiger partial charge >= 0.3 is 12.1 Å². The lowest BCUT2D eigenvalue weighted by Crippen LogP contribution is -2.34. The number of benzene rings is 1. The molecule has 22 heavy (non-hydrogen) atoms. The summed E-state index contributed by atoms with van der Waals surface area (Å²) in [5.74, 6) is -3.25. The van der Waals surface area contributed by atoms with Crippen LogP contribution in [0.1, 0.15) is 6.42 Å².